The van der Waals surface area contributed by atoms with Crippen molar-refractivity contribution in [1.29, 1.82) is 5.26 Å². The fraction of sp³-hybridized carbons (Fsp3) is 0.308. The van der Waals surface area contributed by atoms with Gasteiger partial charge < -0.3 is 4.74 Å². The standard InChI is InChI=1S/C13H11F2NO3/c1-2-19-12(18)5-8-3-4-9(13(14)15)10(6-16)11(8)7-17/h3-4,7,13H,2,5H2,1H3. The molecule has 0 fully saturated rings. The van der Waals surface area contributed by atoms with Gasteiger partial charge in [-0.15, -0.1) is 0 Å². The molecule has 0 aromatic heterocycles. The normalized spacial score (nSPS) is 10.1. The van der Waals surface area contributed by atoms with Crippen LogP contribution >= 0.6 is 0 Å². The van der Waals surface area contributed by atoms with Crippen molar-refractivity contribution in [2.75, 3.05) is 6.61 Å². The van der Waals surface area contributed by atoms with Gasteiger partial charge in [0.2, 0.25) is 0 Å². The van der Waals surface area contributed by atoms with Gasteiger partial charge in [-0.3, -0.25) is 9.59 Å². The molecule has 0 saturated carbocycles. The third-order valence-corrected chi connectivity index (χ3v) is 2.47. The van der Waals surface area contributed by atoms with Gasteiger partial charge in [0.05, 0.1) is 18.6 Å². The van der Waals surface area contributed by atoms with E-state index in [0.717, 1.165) is 6.07 Å². The molecule has 1 aromatic rings. The van der Waals surface area contributed by atoms with E-state index in [4.69, 9.17) is 10.00 Å². The van der Waals surface area contributed by atoms with Crippen LogP contribution < -0.4 is 0 Å². The summed E-state index contributed by atoms with van der Waals surface area (Å²) in [5, 5.41) is 8.88. The van der Waals surface area contributed by atoms with E-state index in [-0.39, 0.29) is 24.2 Å². The molecule has 0 aliphatic heterocycles. The van der Waals surface area contributed by atoms with Crippen LogP contribution in [0.2, 0.25) is 0 Å². The molecule has 0 spiro atoms. The molecule has 19 heavy (non-hydrogen) atoms. The predicted octanol–water partition coefficient (Wildman–Crippen LogP) is 2.41. The number of hydrogen-bond acceptors (Lipinski definition) is 4. The van der Waals surface area contributed by atoms with Crippen molar-refractivity contribution in [2.24, 2.45) is 0 Å². The maximum Gasteiger partial charge on any atom is 0.310 e. The fourth-order valence-electron chi connectivity index (χ4n) is 1.64. The van der Waals surface area contributed by atoms with Crippen molar-refractivity contribution in [3.8, 4) is 6.07 Å². The van der Waals surface area contributed by atoms with Crippen molar-refractivity contribution in [1.82, 2.24) is 0 Å². The maximum atomic E-state index is 12.7. The van der Waals surface area contributed by atoms with E-state index in [0.29, 0.717) is 6.29 Å². The quantitative estimate of drug-likeness (QED) is 0.607. The molecule has 0 N–H and O–H groups in total. The SMILES string of the molecule is CCOC(=O)Cc1ccc(C(F)F)c(C#N)c1C=O. The van der Waals surface area contributed by atoms with Crippen molar-refractivity contribution < 1.29 is 23.1 Å². The third kappa shape index (κ3) is 3.35. The first-order valence-corrected chi connectivity index (χ1v) is 5.49. The average molecular weight is 267 g/mol. The first-order chi connectivity index (χ1) is 9.04. The molecule has 100 valence electrons. The number of benzene rings is 1. The van der Waals surface area contributed by atoms with Gasteiger partial charge in [-0.1, -0.05) is 12.1 Å². The van der Waals surface area contributed by atoms with E-state index in [1.54, 1.807) is 13.0 Å². The Morgan fingerprint density at radius 2 is 2.21 bits per heavy atom. The summed E-state index contributed by atoms with van der Waals surface area (Å²) in [6.07, 6.45) is -2.79. The summed E-state index contributed by atoms with van der Waals surface area (Å²) in [7, 11) is 0. The van der Waals surface area contributed by atoms with Gasteiger partial charge in [-0.05, 0) is 12.5 Å². The Balaban J connectivity index is 3.25. The zero-order valence-corrected chi connectivity index (χ0v) is 10.2. The second kappa shape index (κ2) is 6.59. The minimum Gasteiger partial charge on any atom is -0.466 e. The van der Waals surface area contributed by atoms with Crippen LogP contribution in [0.1, 0.15) is 40.4 Å². The Bertz CT molecular complexity index is 535. The van der Waals surface area contributed by atoms with Crippen LogP contribution in [0, 0.1) is 11.3 Å². The van der Waals surface area contributed by atoms with E-state index < -0.39 is 23.5 Å². The molecule has 0 amide bonds. The van der Waals surface area contributed by atoms with Gasteiger partial charge in [0.25, 0.3) is 6.43 Å². The molecule has 0 radical (unpaired) electrons. The smallest absolute Gasteiger partial charge is 0.310 e. The van der Waals surface area contributed by atoms with Crippen LogP contribution in [0.25, 0.3) is 0 Å². The Kier molecular flexibility index (Phi) is 5.12. The Morgan fingerprint density at radius 3 is 2.68 bits per heavy atom. The number of carbonyl (C=O) groups excluding carboxylic acids is 2. The number of hydrogen-bond donors (Lipinski definition) is 0. The van der Waals surface area contributed by atoms with Gasteiger partial charge in [-0.2, -0.15) is 5.26 Å². The number of halogens is 2. The lowest BCUT2D eigenvalue weighted by molar-refractivity contribution is -0.142. The van der Waals surface area contributed by atoms with Gasteiger partial charge >= 0.3 is 5.97 Å². The monoisotopic (exact) mass is 267 g/mol. The maximum absolute atomic E-state index is 12.7. The van der Waals surface area contributed by atoms with Gasteiger partial charge in [0.1, 0.15) is 6.07 Å². The minimum absolute atomic E-state index is 0.176. The zero-order chi connectivity index (χ0) is 14.4. The Labute approximate surface area is 108 Å². The summed E-state index contributed by atoms with van der Waals surface area (Å²) in [5.41, 5.74) is -0.897. The van der Waals surface area contributed by atoms with Crippen molar-refractivity contribution in [3.05, 3.63) is 34.4 Å². The highest BCUT2D eigenvalue weighted by Crippen LogP contribution is 2.26. The van der Waals surface area contributed by atoms with Crippen LogP contribution in [-0.2, 0) is 16.0 Å². The van der Waals surface area contributed by atoms with Gasteiger partial charge in [0, 0.05) is 11.1 Å². The highest BCUT2D eigenvalue weighted by atomic mass is 19.3. The second-order valence-electron chi connectivity index (χ2n) is 3.61. The van der Waals surface area contributed by atoms with Crippen LogP contribution in [0.5, 0.6) is 0 Å². The number of ether oxygens (including phenoxy) is 1. The third-order valence-electron chi connectivity index (χ3n) is 2.47. The average Bonchev–Trinajstić information content (AvgIpc) is 2.37. The lowest BCUT2D eigenvalue weighted by Crippen LogP contribution is -2.11. The number of esters is 1. The Hall–Kier alpha value is -2.29. The molecule has 0 unspecified atom stereocenters. The van der Waals surface area contributed by atoms with Crippen molar-refractivity contribution in [2.45, 2.75) is 19.8 Å². The number of nitriles is 1. The molecule has 0 aliphatic rings. The summed E-state index contributed by atoms with van der Waals surface area (Å²) < 4.78 is 30.1. The topological polar surface area (TPSA) is 67.2 Å². The lowest BCUT2D eigenvalue weighted by Gasteiger charge is -2.10. The van der Waals surface area contributed by atoms with E-state index in [1.807, 2.05) is 0 Å². The van der Waals surface area contributed by atoms with Gasteiger partial charge in [-0.25, -0.2) is 8.78 Å². The molecule has 0 atom stereocenters. The van der Waals surface area contributed by atoms with E-state index in [2.05, 4.69) is 0 Å². The molecule has 0 saturated heterocycles. The molecular weight excluding hydrogens is 256 g/mol. The molecular formula is C13H11F2NO3. The molecule has 1 aromatic carbocycles. The van der Waals surface area contributed by atoms with Gasteiger partial charge in [0.15, 0.2) is 6.29 Å². The highest BCUT2D eigenvalue weighted by molar-refractivity contribution is 5.85. The molecule has 6 heteroatoms. The molecule has 0 heterocycles. The number of alkyl halides is 2. The molecule has 4 nitrogen and oxygen atoms in total. The summed E-state index contributed by atoms with van der Waals surface area (Å²) in [6.45, 7) is 1.80. The minimum atomic E-state index is -2.86. The largest absolute Gasteiger partial charge is 0.466 e. The van der Waals surface area contributed by atoms with Crippen LogP contribution in [0.15, 0.2) is 12.1 Å². The van der Waals surface area contributed by atoms with E-state index >= 15 is 0 Å². The van der Waals surface area contributed by atoms with E-state index in [1.165, 1.54) is 6.07 Å². The predicted molar refractivity (Wildman–Crippen MR) is 61.8 cm³/mol. The molecule has 0 aliphatic carbocycles. The first kappa shape index (κ1) is 14.8. The second-order valence-corrected chi connectivity index (χ2v) is 3.61. The number of nitrogens with zero attached hydrogens (tertiary/aromatic N) is 1. The molecule has 0 bridgehead atoms. The van der Waals surface area contributed by atoms with Crippen molar-refractivity contribution in [3.63, 3.8) is 0 Å². The van der Waals surface area contributed by atoms with E-state index in [9.17, 15) is 18.4 Å². The van der Waals surface area contributed by atoms with Crippen molar-refractivity contribution >= 4 is 12.3 Å². The first-order valence-electron chi connectivity index (χ1n) is 5.49. The zero-order valence-electron chi connectivity index (χ0n) is 10.2. The molecule has 1 rings (SSSR count). The number of rotatable bonds is 5. The highest BCUT2D eigenvalue weighted by Gasteiger charge is 2.20. The van der Waals surface area contributed by atoms with Crippen LogP contribution in [-0.4, -0.2) is 18.9 Å². The lowest BCUT2D eigenvalue weighted by atomic mass is 9.96. The summed E-state index contributed by atoms with van der Waals surface area (Å²) in [5.74, 6) is -0.584. The fourth-order valence-corrected chi connectivity index (χ4v) is 1.64. The summed E-state index contributed by atoms with van der Waals surface area (Å²) in [4.78, 5) is 22.3. The summed E-state index contributed by atoms with van der Waals surface area (Å²) in [6, 6.07) is 3.86. The van der Waals surface area contributed by atoms with Crippen LogP contribution in [0.4, 0.5) is 8.78 Å². The summed E-state index contributed by atoms with van der Waals surface area (Å²) >= 11 is 0. The number of carbonyl (C=O) groups is 2. The Morgan fingerprint density at radius 1 is 1.53 bits per heavy atom. The van der Waals surface area contributed by atoms with Crippen LogP contribution in [0.3, 0.4) is 0 Å². The number of aldehydes is 1.